The maximum absolute atomic E-state index is 12.5. The van der Waals surface area contributed by atoms with Crippen molar-refractivity contribution in [2.75, 3.05) is 51.7 Å². The highest BCUT2D eigenvalue weighted by atomic mass is 32.1. The number of hydrogen-bond acceptors (Lipinski definition) is 5. The van der Waals surface area contributed by atoms with Gasteiger partial charge in [0.05, 0.1) is 18.8 Å². The molecule has 0 unspecified atom stereocenters. The van der Waals surface area contributed by atoms with Crippen LogP contribution in [0, 0.1) is 5.92 Å². The lowest BCUT2D eigenvalue weighted by Gasteiger charge is -2.32. The minimum Gasteiger partial charge on any atom is -0.357 e. The molecule has 2 heterocycles. The number of nitrogens with one attached hydrogen (secondary N) is 2. The Hall–Kier alpha value is -1.55. The molecule has 0 bridgehead atoms. The molecule has 160 valence electrons. The summed E-state index contributed by atoms with van der Waals surface area (Å²) < 4.78 is 37.4. The summed E-state index contributed by atoms with van der Waals surface area (Å²) in [5.41, 5.74) is 0.933. The third kappa shape index (κ3) is 8.22. The molecule has 0 spiro atoms. The lowest BCUT2D eigenvalue weighted by atomic mass is 9.93. The number of aliphatic imine (C=N–C) groups is 1. The van der Waals surface area contributed by atoms with Crippen molar-refractivity contribution in [2.45, 2.75) is 38.9 Å². The van der Waals surface area contributed by atoms with Crippen molar-refractivity contribution in [3.63, 3.8) is 0 Å². The van der Waals surface area contributed by atoms with Crippen molar-refractivity contribution in [3.05, 3.63) is 11.1 Å². The Morgan fingerprint density at radius 1 is 1.32 bits per heavy atom. The van der Waals surface area contributed by atoms with Gasteiger partial charge in [-0.2, -0.15) is 13.2 Å². The van der Waals surface area contributed by atoms with E-state index >= 15 is 0 Å². The van der Waals surface area contributed by atoms with Gasteiger partial charge in [-0.1, -0.05) is 0 Å². The Kier molecular flexibility index (Phi) is 8.81. The van der Waals surface area contributed by atoms with Crippen LogP contribution in [-0.4, -0.2) is 68.8 Å². The number of alkyl halides is 3. The first kappa shape index (κ1) is 22.7. The number of halogens is 3. The summed E-state index contributed by atoms with van der Waals surface area (Å²) in [5, 5.41) is 9.52. The molecule has 1 aromatic heterocycles. The standard InChI is InChI=1S/C18H31F3N6S/c1-4-22-16(24-11-15-12-28-17(25-15)26(2)3)23-8-5-14-6-9-27(10-7-14)13-18(19,20)21/h12,14H,4-11,13H2,1-3H3,(H2,22,23,24). The number of rotatable bonds is 8. The van der Waals surface area contributed by atoms with Gasteiger partial charge >= 0.3 is 6.18 Å². The third-order valence-electron chi connectivity index (χ3n) is 4.62. The Balaban J connectivity index is 1.72. The predicted octanol–water partition coefficient (Wildman–Crippen LogP) is 2.93. The van der Waals surface area contributed by atoms with Crippen LogP contribution < -0.4 is 15.5 Å². The molecule has 0 amide bonds. The number of likely N-dealkylation sites (tertiary alicyclic amines) is 1. The van der Waals surface area contributed by atoms with Gasteiger partial charge in [-0.3, -0.25) is 4.90 Å². The van der Waals surface area contributed by atoms with Crippen molar-refractivity contribution < 1.29 is 13.2 Å². The van der Waals surface area contributed by atoms with Crippen molar-refractivity contribution in [3.8, 4) is 0 Å². The summed E-state index contributed by atoms with van der Waals surface area (Å²) in [7, 11) is 3.93. The molecule has 1 aliphatic heterocycles. The summed E-state index contributed by atoms with van der Waals surface area (Å²) in [6.45, 7) is 4.31. The van der Waals surface area contributed by atoms with Gasteiger partial charge in [-0.25, -0.2) is 9.98 Å². The second-order valence-electron chi connectivity index (χ2n) is 7.26. The van der Waals surface area contributed by atoms with Crippen LogP contribution in [0.2, 0.25) is 0 Å². The van der Waals surface area contributed by atoms with Crippen LogP contribution in [0.4, 0.5) is 18.3 Å². The van der Waals surface area contributed by atoms with Gasteiger partial charge in [0.15, 0.2) is 11.1 Å². The van der Waals surface area contributed by atoms with Crippen molar-refractivity contribution >= 4 is 22.4 Å². The SMILES string of the molecule is CCNC(=NCc1csc(N(C)C)n1)NCCC1CCN(CC(F)(F)F)CC1. The first-order chi connectivity index (χ1) is 13.3. The topological polar surface area (TPSA) is 55.8 Å². The number of nitrogens with zero attached hydrogens (tertiary/aromatic N) is 4. The van der Waals surface area contributed by atoms with Crippen LogP contribution >= 0.6 is 11.3 Å². The second-order valence-corrected chi connectivity index (χ2v) is 8.10. The predicted molar refractivity (Wildman–Crippen MR) is 109 cm³/mol. The van der Waals surface area contributed by atoms with Gasteiger partial charge in [-0.05, 0) is 45.2 Å². The Morgan fingerprint density at radius 2 is 2.04 bits per heavy atom. The highest BCUT2D eigenvalue weighted by molar-refractivity contribution is 7.13. The van der Waals surface area contributed by atoms with E-state index in [0.29, 0.717) is 25.6 Å². The minimum absolute atomic E-state index is 0.459. The molecule has 2 rings (SSSR count). The monoisotopic (exact) mass is 420 g/mol. The van der Waals surface area contributed by atoms with E-state index in [1.54, 1.807) is 11.3 Å². The summed E-state index contributed by atoms with van der Waals surface area (Å²) in [4.78, 5) is 12.6. The smallest absolute Gasteiger partial charge is 0.357 e. The lowest BCUT2D eigenvalue weighted by Crippen LogP contribution is -2.41. The number of guanidine groups is 1. The van der Waals surface area contributed by atoms with Gasteiger partial charge in [-0.15, -0.1) is 11.3 Å². The van der Waals surface area contributed by atoms with Crippen molar-refractivity contribution in [2.24, 2.45) is 10.9 Å². The van der Waals surface area contributed by atoms with Crippen molar-refractivity contribution in [1.29, 1.82) is 0 Å². The average Bonchev–Trinajstić information content (AvgIpc) is 3.09. The zero-order chi connectivity index (χ0) is 20.6. The molecule has 6 nitrogen and oxygen atoms in total. The molecule has 0 aromatic carbocycles. The molecular weight excluding hydrogens is 389 g/mol. The van der Waals surface area contributed by atoms with Crippen LogP contribution in [0.25, 0.3) is 0 Å². The van der Waals surface area contributed by atoms with Gasteiger partial charge < -0.3 is 15.5 Å². The normalized spacial score (nSPS) is 17.0. The van der Waals surface area contributed by atoms with E-state index in [2.05, 4.69) is 20.6 Å². The van der Waals surface area contributed by atoms with Crippen LogP contribution in [-0.2, 0) is 6.54 Å². The fourth-order valence-electron chi connectivity index (χ4n) is 3.16. The fraction of sp³-hybridized carbons (Fsp3) is 0.778. The number of anilines is 1. The molecule has 1 aliphatic rings. The quantitative estimate of drug-likeness (QED) is 0.500. The molecule has 0 atom stereocenters. The lowest BCUT2D eigenvalue weighted by molar-refractivity contribution is -0.148. The molecule has 2 N–H and O–H groups in total. The van der Waals surface area contributed by atoms with Gasteiger partial charge in [0.2, 0.25) is 0 Å². The van der Waals surface area contributed by atoms with E-state index in [-0.39, 0.29) is 0 Å². The van der Waals surface area contributed by atoms with Crippen molar-refractivity contribution in [1.82, 2.24) is 20.5 Å². The summed E-state index contributed by atoms with van der Waals surface area (Å²) in [6.07, 6.45) is -1.53. The molecule has 0 saturated carbocycles. The highest BCUT2D eigenvalue weighted by Gasteiger charge is 2.32. The highest BCUT2D eigenvalue weighted by Crippen LogP contribution is 2.24. The van der Waals surface area contributed by atoms with E-state index in [1.165, 1.54) is 4.90 Å². The molecule has 1 aromatic rings. The van der Waals surface area contributed by atoms with Gasteiger partial charge in [0.1, 0.15) is 0 Å². The maximum Gasteiger partial charge on any atom is 0.401 e. The molecule has 0 radical (unpaired) electrons. The number of piperidine rings is 1. The molecular formula is C18H31F3N6S. The third-order valence-corrected chi connectivity index (χ3v) is 5.68. The van der Waals surface area contributed by atoms with E-state index in [1.807, 2.05) is 31.3 Å². The van der Waals surface area contributed by atoms with Crippen LogP contribution in [0.1, 0.15) is 31.9 Å². The first-order valence-corrected chi connectivity index (χ1v) is 10.6. The van der Waals surface area contributed by atoms with Crippen LogP contribution in [0.15, 0.2) is 10.4 Å². The summed E-state index contributed by atoms with van der Waals surface area (Å²) in [5.74, 6) is 1.21. The number of thiazole rings is 1. The van der Waals surface area contributed by atoms with E-state index in [9.17, 15) is 13.2 Å². The van der Waals surface area contributed by atoms with Crippen LogP contribution in [0.5, 0.6) is 0 Å². The molecule has 1 fully saturated rings. The summed E-state index contributed by atoms with van der Waals surface area (Å²) in [6, 6.07) is 0. The molecule has 0 aliphatic carbocycles. The van der Waals surface area contributed by atoms with Gasteiger partial charge in [0, 0.05) is 32.6 Å². The Bertz CT molecular complexity index is 609. The van der Waals surface area contributed by atoms with E-state index < -0.39 is 12.7 Å². The number of hydrogen-bond donors (Lipinski definition) is 2. The van der Waals surface area contributed by atoms with E-state index in [4.69, 9.17) is 0 Å². The zero-order valence-electron chi connectivity index (χ0n) is 16.8. The fourth-order valence-corrected chi connectivity index (χ4v) is 3.91. The molecule has 1 saturated heterocycles. The molecule has 28 heavy (non-hydrogen) atoms. The van der Waals surface area contributed by atoms with Gasteiger partial charge in [0.25, 0.3) is 0 Å². The summed E-state index contributed by atoms with van der Waals surface area (Å²) >= 11 is 1.59. The number of aromatic nitrogens is 1. The van der Waals surface area contributed by atoms with Crippen LogP contribution in [0.3, 0.4) is 0 Å². The molecule has 10 heteroatoms. The largest absolute Gasteiger partial charge is 0.401 e. The average molecular weight is 421 g/mol. The Labute approximate surface area is 169 Å². The minimum atomic E-state index is -4.10. The van der Waals surface area contributed by atoms with E-state index in [0.717, 1.165) is 49.1 Å². The zero-order valence-corrected chi connectivity index (χ0v) is 17.7. The Morgan fingerprint density at radius 3 is 2.61 bits per heavy atom. The maximum atomic E-state index is 12.5. The first-order valence-electron chi connectivity index (χ1n) is 9.70. The second kappa shape index (κ2) is 10.8.